The van der Waals surface area contributed by atoms with E-state index < -0.39 is 72.8 Å². The number of benzene rings is 1. The summed E-state index contributed by atoms with van der Waals surface area (Å²) in [6.45, 7) is 5.46. The molecule has 0 saturated carbocycles. The van der Waals surface area contributed by atoms with E-state index in [1.807, 2.05) is 0 Å². The number of aromatic nitrogens is 2. The molecule has 0 spiro atoms. The smallest absolute Gasteiger partial charge is 0.459 e. The van der Waals surface area contributed by atoms with Crippen LogP contribution in [0.1, 0.15) is 33.9 Å². The maximum Gasteiger partial charge on any atom is 0.459 e. The van der Waals surface area contributed by atoms with Crippen LogP contribution in [0.2, 0.25) is 0 Å². The third kappa shape index (κ3) is 6.86. The summed E-state index contributed by atoms with van der Waals surface area (Å²) < 4.78 is 50.0. The molecule has 2 aromatic rings. The summed E-state index contributed by atoms with van der Waals surface area (Å²) in [5.74, 6) is -1.82. The van der Waals surface area contributed by atoms with Crippen LogP contribution in [-0.4, -0.2) is 56.5 Å². The molecule has 3 rings (SSSR count). The van der Waals surface area contributed by atoms with Gasteiger partial charge in [0.25, 0.3) is 5.56 Å². The van der Waals surface area contributed by atoms with E-state index in [0.29, 0.717) is 10.8 Å². The highest BCUT2D eigenvalue weighted by Crippen LogP contribution is 2.48. The van der Waals surface area contributed by atoms with Gasteiger partial charge >= 0.3 is 19.4 Å². The van der Waals surface area contributed by atoms with E-state index in [9.17, 15) is 28.4 Å². The van der Waals surface area contributed by atoms with Gasteiger partial charge in [0.15, 0.2) is 6.23 Å². The van der Waals surface area contributed by atoms with Crippen molar-refractivity contribution in [3.05, 3.63) is 63.2 Å². The van der Waals surface area contributed by atoms with Crippen molar-refractivity contribution >= 4 is 25.3 Å². The topological polar surface area (TPSA) is 158 Å². The van der Waals surface area contributed by atoms with Crippen molar-refractivity contribution in [2.75, 3.05) is 6.61 Å². The molecule has 1 aliphatic rings. The Morgan fingerprint density at radius 1 is 1.32 bits per heavy atom. The van der Waals surface area contributed by atoms with Crippen LogP contribution in [0.25, 0.3) is 0 Å². The molecule has 2 heterocycles. The monoisotopic (exact) mass is 563 g/mol. The first-order valence-corrected chi connectivity index (χ1v) is 13.2. The number of aliphatic hydroxyl groups excluding tert-OH is 1. The molecule has 0 bridgehead atoms. The minimum Gasteiger partial charge on any atom is -0.462 e. The van der Waals surface area contributed by atoms with E-state index in [0.717, 1.165) is 0 Å². The van der Waals surface area contributed by atoms with Gasteiger partial charge in [-0.05, 0) is 39.8 Å². The van der Waals surface area contributed by atoms with E-state index >= 15 is 0 Å². The average molecular weight is 564 g/mol. The largest absolute Gasteiger partial charge is 0.462 e. The van der Waals surface area contributed by atoms with E-state index in [1.54, 1.807) is 37.0 Å². The van der Waals surface area contributed by atoms with E-state index in [4.69, 9.17) is 30.1 Å². The van der Waals surface area contributed by atoms with Gasteiger partial charge in [-0.3, -0.25) is 23.7 Å². The number of H-pyrrole nitrogens is 1. The van der Waals surface area contributed by atoms with Gasteiger partial charge < -0.3 is 19.1 Å². The highest BCUT2D eigenvalue weighted by molar-refractivity contribution is 7.52. The molecule has 6 atom stereocenters. The Bertz CT molecular complexity index is 1270. The molecule has 1 aromatic carbocycles. The van der Waals surface area contributed by atoms with E-state index in [2.05, 4.69) is 5.09 Å². The summed E-state index contributed by atoms with van der Waals surface area (Å²) in [7, 11) is -4.29. The lowest BCUT2D eigenvalue weighted by Crippen LogP contribution is -2.43. The summed E-state index contributed by atoms with van der Waals surface area (Å²) >= 11 is 6.45. The number of hydrogen-bond donors (Lipinski definition) is 3. The van der Waals surface area contributed by atoms with Crippen molar-refractivity contribution in [3.8, 4) is 5.75 Å². The van der Waals surface area contributed by atoms with Crippen LogP contribution in [0.15, 0.2) is 46.1 Å². The van der Waals surface area contributed by atoms with Crippen molar-refractivity contribution in [2.45, 2.75) is 63.2 Å². The number of carbonyl (C=O) groups is 1. The number of alkyl halides is 1. The average Bonchev–Trinajstić information content (AvgIpc) is 3.03. The fraction of sp³-hybridized carbons (Fsp3) is 0.500. The van der Waals surface area contributed by atoms with Gasteiger partial charge in [-0.1, -0.05) is 18.2 Å². The number of nitrogens with one attached hydrogen (secondary N) is 2. The van der Waals surface area contributed by atoms with Gasteiger partial charge in [-0.25, -0.2) is 9.36 Å². The number of aliphatic hydroxyl groups is 1. The Hall–Kier alpha value is -2.54. The predicted octanol–water partition coefficient (Wildman–Crippen LogP) is 2.06. The number of carbonyl (C=O) groups excluding carboxylic acids is 1. The molecule has 0 unspecified atom stereocenters. The first kappa shape index (κ1) is 29.0. The fourth-order valence-electron chi connectivity index (χ4n) is 3.49. The van der Waals surface area contributed by atoms with Crippen LogP contribution in [0.3, 0.4) is 0 Å². The number of rotatable bonds is 10. The highest BCUT2D eigenvalue weighted by atomic mass is 35.5. The molecular weight excluding hydrogens is 536 g/mol. The third-order valence-corrected chi connectivity index (χ3v) is 7.38. The quantitative estimate of drug-likeness (QED) is 0.222. The van der Waals surface area contributed by atoms with Crippen molar-refractivity contribution in [1.82, 2.24) is 14.6 Å². The standard InChI is InChI=1S/C22H28ClFN3O9P/c1-12(2)34-19(30)13(3)26-37(32,36-14-8-6-5-7-9-14)33-11-16-17(28)22(4,23)20(35-16)27-10-15(24)18(29)25-21(27)31/h5-10,12-13,16-17,20,28H,11H2,1-4H3,(H,26,32)(H,25,29,31)/t13-,16+,17+,20+,22+,37+/m0/s1. The van der Waals surface area contributed by atoms with Crippen LogP contribution in [-0.2, 0) is 23.4 Å². The van der Waals surface area contributed by atoms with Crippen LogP contribution in [0, 0.1) is 5.82 Å². The van der Waals surface area contributed by atoms with Crippen molar-refractivity contribution < 1.29 is 37.4 Å². The van der Waals surface area contributed by atoms with E-state index in [-0.39, 0.29) is 5.75 Å². The summed E-state index contributed by atoms with van der Waals surface area (Å²) in [4.78, 5) is 36.0. The highest BCUT2D eigenvalue weighted by Gasteiger charge is 2.54. The van der Waals surface area contributed by atoms with Gasteiger partial charge in [0.05, 0.1) is 18.9 Å². The molecule has 12 nitrogen and oxygen atoms in total. The Morgan fingerprint density at radius 2 is 1.97 bits per heavy atom. The van der Waals surface area contributed by atoms with Gasteiger partial charge in [-0.2, -0.15) is 9.48 Å². The summed E-state index contributed by atoms with van der Waals surface area (Å²) in [6, 6.07) is 6.88. The molecule has 1 fully saturated rings. The van der Waals surface area contributed by atoms with Gasteiger partial charge in [0.2, 0.25) is 5.82 Å². The van der Waals surface area contributed by atoms with Gasteiger partial charge in [0.1, 0.15) is 28.9 Å². The minimum absolute atomic E-state index is 0.158. The van der Waals surface area contributed by atoms with E-state index in [1.165, 1.54) is 26.0 Å². The number of halogens is 2. The molecule has 0 amide bonds. The molecule has 1 aromatic heterocycles. The second kappa shape index (κ2) is 11.5. The number of hydrogen-bond acceptors (Lipinski definition) is 9. The minimum atomic E-state index is -4.29. The van der Waals surface area contributed by atoms with Crippen molar-refractivity contribution in [3.63, 3.8) is 0 Å². The summed E-state index contributed by atoms with van der Waals surface area (Å²) in [5, 5.41) is 13.3. The predicted molar refractivity (Wildman–Crippen MR) is 130 cm³/mol. The first-order valence-electron chi connectivity index (χ1n) is 11.2. The second-order valence-corrected chi connectivity index (χ2v) is 11.3. The lowest BCUT2D eigenvalue weighted by atomic mass is 10.0. The van der Waals surface area contributed by atoms with Crippen LogP contribution >= 0.6 is 19.3 Å². The first-order chi connectivity index (χ1) is 17.2. The zero-order valence-electron chi connectivity index (χ0n) is 20.4. The Morgan fingerprint density at radius 3 is 2.59 bits per heavy atom. The molecule has 1 saturated heterocycles. The number of esters is 1. The van der Waals surface area contributed by atoms with Crippen LogP contribution in [0.5, 0.6) is 5.75 Å². The van der Waals surface area contributed by atoms with Crippen LogP contribution < -0.4 is 20.9 Å². The number of aromatic amines is 1. The molecule has 204 valence electrons. The Labute approximate surface area is 216 Å². The number of ether oxygens (including phenoxy) is 2. The van der Waals surface area contributed by atoms with Crippen molar-refractivity contribution in [1.29, 1.82) is 0 Å². The van der Waals surface area contributed by atoms with Crippen LogP contribution in [0.4, 0.5) is 4.39 Å². The lowest BCUT2D eigenvalue weighted by molar-refractivity contribution is -0.149. The maximum atomic E-state index is 13.8. The second-order valence-electron chi connectivity index (χ2n) is 8.80. The number of para-hydroxylation sites is 1. The summed E-state index contributed by atoms with van der Waals surface area (Å²) in [5.41, 5.74) is -2.25. The molecule has 0 radical (unpaired) electrons. The summed E-state index contributed by atoms with van der Waals surface area (Å²) in [6.07, 6.45) is -4.03. The normalized spacial score (nSPS) is 26.0. The molecule has 3 N–H and O–H groups in total. The van der Waals surface area contributed by atoms with Gasteiger partial charge in [0, 0.05) is 0 Å². The molecule has 15 heteroatoms. The van der Waals surface area contributed by atoms with Gasteiger partial charge in [-0.15, -0.1) is 11.6 Å². The zero-order valence-corrected chi connectivity index (χ0v) is 22.1. The third-order valence-electron chi connectivity index (χ3n) is 5.33. The molecular formula is C22H28ClFN3O9P. The maximum absolute atomic E-state index is 13.8. The zero-order chi connectivity index (χ0) is 27.5. The fourth-order valence-corrected chi connectivity index (χ4v) is 5.29. The Kier molecular flexibility index (Phi) is 8.99. The number of nitrogens with zero attached hydrogens (tertiary/aromatic N) is 1. The SMILES string of the molecule is CC(C)OC(=O)[C@H](C)N[P@@](=O)(OC[C@H]1O[C@@H](n2cc(F)c(=O)[nH]c2=O)[C@](C)(Cl)[C@@H]1O)Oc1ccccc1. The molecule has 37 heavy (non-hydrogen) atoms. The van der Waals surface area contributed by atoms with Crippen molar-refractivity contribution in [2.24, 2.45) is 0 Å². The molecule has 1 aliphatic heterocycles. The molecule has 0 aliphatic carbocycles. The Balaban J connectivity index is 1.82. The lowest BCUT2D eigenvalue weighted by Gasteiger charge is -2.26.